The minimum Gasteiger partial charge on any atom is -0.286 e. The van der Waals surface area contributed by atoms with Crippen LogP contribution >= 0.6 is 11.6 Å². The molecule has 3 fully saturated rings. The van der Waals surface area contributed by atoms with Gasteiger partial charge in [-0.2, -0.15) is 0 Å². The molecule has 0 aromatic carbocycles. The molecular weight excluding hydrogens is 306 g/mol. The second-order valence-electron chi connectivity index (χ2n) is 8.94. The maximum Gasteiger partial charge on any atom is 0.137 e. The van der Waals surface area contributed by atoms with Gasteiger partial charge in [0.2, 0.25) is 0 Å². The molecule has 0 spiro atoms. The lowest BCUT2D eigenvalue weighted by molar-refractivity contribution is 0.0563. The number of nitrogens with one attached hydrogen (secondary N) is 3. The minimum absolute atomic E-state index is 0.107. The van der Waals surface area contributed by atoms with Crippen molar-refractivity contribution in [3.63, 3.8) is 0 Å². The summed E-state index contributed by atoms with van der Waals surface area (Å²) in [7, 11) is 0. The Morgan fingerprint density at radius 3 is 1.48 bits per heavy atom. The van der Waals surface area contributed by atoms with Gasteiger partial charge < -0.3 is 0 Å². The van der Waals surface area contributed by atoms with Gasteiger partial charge in [0.05, 0.1) is 12.3 Å². The van der Waals surface area contributed by atoms with E-state index >= 15 is 0 Å². The van der Waals surface area contributed by atoms with Crippen molar-refractivity contribution >= 4 is 11.6 Å². The van der Waals surface area contributed by atoms with Crippen LogP contribution in [-0.2, 0) is 0 Å². The fourth-order valence-corrected chi connectivity index (χ4v) is 5.79. The van der Waals surface area contributed by atoms with Gasteiger partial charge in [-0.3, -0.25) is 16.0 Å². The van der Waals surface area contributed by atoms with Gasteiger partial charge in [-0.05, 0) is 61.2 Å². The van der Waals surface area contributed by atoms with E-state index in [0.29, 0.717) is 24.2 Å². The van der Waals surface area contributed by atoms with E-state index in [2.05, 4.69) is 43.6 Å². The molecular formula is C19H36ClN3. The fraction of sp³-hybridized carbons (Fsp3) is 1.00. The molecule has 0 bridgehead atoms. The van der Waals surface area contributed by atoms with Crippen LogP contribution in [0, 0.1) is 35.5 Å². The van der Waals surface area contributed by atoms with Crippen LogP contribution in [0.15, 0.2) is 0 Å². The first-order valence-electron chi connectivity index (χ1n) is 9.86. The normalized spacial score (nSPS) is 52.3. The van der Waals surface area contributed by atoms with Crippen LogP contribution in [0.5, 0.6) is 0 Å². The third-order valence-corrected chi connectivity index (χ3v) is 7.11. The Morgan fingerprint density at radius 1 is 0.652 bits per heavy atom. The Kier molecular flexibility index (Phi) is 5.94. The van der Waals surface area contributed by atoms with Crippen LogP contribution in [0.4, 0.5) is 0 Å². The minimum atomic E-state index is -0.107. The third-order valence-electron chi connectivity index (χ3n) is 6.86. The quantitative estimate of drug-likeness (QED) is 0.523. The Morgan fingerprint density at radius 2 is 1.09 bits per heavy atom. The van der Waals surface area contributed by atoms with Gasteiger partial charge in [-0.25, -0.2) is 0 Å². The molecule has 3 rings (SSSR count). The van der Waals surface area contributed by atoms with Gasteiger partial charge in [0, 0.05) is 0 Å². The van der Waals surface area contributed by atoms with Gasteiger partial charge in [0.1, 0.15) is 5.62 Å². The van der Waals surface area contributed by atoms with E-state index in [0.717, 1.165) is 23.7 Å². The summed E-state index contributed by atoms with van der Waals surface area (Å²) in [5.74, 6) is 4.71. The molecule has 1 heterocycles. The summed E-state index contributed by atoms with van der Waals surface area (Å²) in [6, 6.07) is 0. The number of hydrogen-bond donors (Lipinski definition) is 3. The number of rotatable bonds is 2. The number of hydrogen-bond acceptors (Lipinski definition) is 3. The molecule has 4 heteroatoms. The van der Waals surface area contributed by atoms with Crippen LogP contribution in [0.1, 0.15) is 66.2 Å². The maximum absolute atomic E-state index is 6.54. The SMILES string of the molecule is CC1CCC(C2NC(Cl)NC(C3CCC(C)CC3C)N2)C(C)C1. The largest absolute Gasteiger partial charge is 0.286 e. The maximum atomic E-state index is 6.54. The molecule has 8 unspecified atom stereocenters. The third kappa shape index (κ3) is 4.23. The van der Waals surface area contributed by atoms with Crippen molar-refractivity contribution in [2.75, 3.05) is 0 Å². The van der Waals surface area contributed by atoms with Crippen LogP contribution in [0.25, 0.3) is 0 Å². The van der Waals surface area contributed by atoms with Crippen molar-refractivity contribution in [2.24, 2.45) is 35.5 Å². The average Bonchev–Trinajstić information content (AvgIpc) is 2.46. The van der Waals surface area contributed by atoms with Crippen LogP contribution in [0.2, 0.25) is 0 Å². The van der Waals surface area contributed by atoms with Gasteiger partial charge in [0.15, 0.2) is 0 Å². The van der Waals surface area contributed by atoms with Crippen molar-refractivity contribution in [1.29, 1.82) is 0 Å². The molecule has 3 nitrogen and oxygen atoms in total. The van der Waals surface area contributed by atoms with Gasteiger partial charge in [0.25, 0.3) is 0 Å². The summed E-state index contributed by atoms with van der Waals surface area (Å²) in [5.41, 5.74) is -0.107. The first-order valence-corrected chi connectivity index (χ1v) is 10.3. The monoisotopic (exact) mass is 341 g/mol. The van der Waals surface area contributed by atoms with Crippen molar-refractivity contribution < 1.29 is 0 Å². The summed E-state index contributed by atoms with van der Waals surface area (Å²) in [6.07, 6.45) is 8.78. The van der Waals surface area contributed by atoms with E-state index in [-0.39, 0.29) is 5.62 Å². The van der Waals surface area contributed by atoms with E-state index < -0.39 is 0 Å². The van der Waals surface area contributed by atoms with Gasteiger partial charge >= 0.3 is 0 Å². The summed E-state index contributed by atoms with van der Waals surface area (Å²) < 4.78 is 0. The topological polar surface area (TPSA) is 36.1 Å². The fourth-order valence-electron chi connectivity index (χ4n) is 5.52. The first kappa shape index (κ1) is 18.0. The highest BCUT2D eigenvalue weighted by molar-refractivity contribution is 6.20. The predicted octanol–water partition coefficient (Wildman–Crippen LogP) is 4.09. The van der Waals surface area contributed by atoms with Gasteiger partial charge in [-0.1, -0.05) is 52.1 Å². The van der Waals surface area contributed by atoms with Crippen LogP contribution in [-0.4, -0.2) is 18.0 Å². The first-order chi connectivity index (χ1) is 10.9. The zero-order valence-electron chi connectivity index (χ0n) is 15.3. The van der Waals surface area contributed by atoms with E-state index in [1.165, 1.54) is 38.5 Å². The molecule has 0 aromatic heterocycles. The lowest BCUT2D eigenvalue weighted by Crippen LogP contribution is -2.70. The van der Waals surface area contributed by atoms with E-state index in [1.807, 2.05) is 0 Å². The second kappa shape index (κ2) is 7.59. The highest BCUT2D eigenvalue weighted by atomic mass is 35.5. The van der Waals surface area contributed by atoms with Gasteiger partial charge in [-0.15, -0.1) is 0 Å². The molecule has 8 atom stereocenters. The molecule has 23 heavy (non-hydrogen) atoms. The number of alkyl halides is 1. The smallest absolute Gasteiger partial charge is 0.137 e. The lowest BCUT2D eigenvalue weighted by Gasteiger charge is -2.48. The molecule has 1 aliphatic heterocycles. The van der Waals surface area contributed by atoms with Crippen molar-refractivity contribution in [1.82, 2.24) is 16.0 Å². The zero-order chi connectivity index (χ0) is 16.6. The molecule has 0 amide bonds. The van der Waals surface area contributed by atoms with Crippen LogP contribution in [0.3, 0.4) is 0 Å². The molecule has 0 aromatic rings. The average molecular weight is 342 g/mol. The molecule has 0 radical (unpaired) electrons. The summed E-state index contributed by atoms with van der Waals surface area (Å²) in [4.78, 5) is 0. The lowest BCUT2D eigenvalue weighted by atomic mass is 9.72. The molecule has 134 valence electrons. The number of halogens is 1. The van der Waals surface area contributed by atoms with Crippen molar-refractivity contribution in [3.8, 4) is 0 Å². The van der Waals surface area contributed by atoms with E-state index in [4.69, 9.17) is 11.6 Å². The molecule has 2 saturated carbocycles. The Bertz CT molecular complexity index is 357. The predicted molar refractivity (Wildman–Crippen MR) is 98.0 cm³/mol. The van der Waals surface area contributed by atoms with E-state index in [1.54, 1.807) is 0 Å². The molecule has 1 saturated heterocycles. The molecule has 3 N–H and O–H groups in total. The Labute approximate surface area is 147 Å². The second-order valence-corrected chi connectivity index (χ2v) is 9.37. The van der Waals surface area contributed by atoms with Crippen molar-refractivity contribution in [2.45, 2.75) is 84.2 Å². The summed E-state index contributed by atoms with van der Waals surface area (Å²) >= 11 is 6.54. The van der Waals surface area contributed by atoms with E-state index in [9.17, 15) is 0 Å². The van der Waals surface area contributed by atoms with Crippen molar-refractivity contribution in [3.05, 3.63) is 0 Å². The molecule has 2 aliphatic carbocycles. The highest BCUT2D eigenvalue weighted by Crippen LogP contribution is 2.38. The summed E-state index contributed by atoms with van der Waals surface area (Å²) in [5, 5.41) is 11.0. The molecule has 3 aliphatic rings. The summed E-state index contributed by atoms with van der Waals surface area (Å²) in [6.45, 7) is 9.64. The standard InChI is InChI=1S/C19H36ClN3/c1-11-5-7-15(13(3)9-11)17-21-18(23-19(20)22-17)16-8-6-12(2)10-14(16)4/h11-19,21-23H,5-10H2,1-4H3. The Balaban J connectivity index is 1.65. The zero-order valence-corrected chi connectivity index (χ0v) is 16.1. The highest BCUT2D eigenvalue weighted by Gasteiger charge is 2.40. The van der Waals surface area contributed by atoms with Crippen LogP contribution < -0.4 is 16.0 Å². The Hall–Kier alpha value is 0.170.